The average molecular weight is 238 g/mol. The lowest BCUT2D eigenvalue weighted by molar-refractivity contribution is 0.681. The van der Waals surface area contributed by atoms with Gasteiger partial charge in [-0.1, -0.05) is 42.5 Å². The summed E-state index contributed by atoms with van der Waals surface area (Å²) in [5, 5.41) is 0. The average Bonchev–Trinajstić information content (AvgIpc) is 2.29. The zero-order valence-electron chi connectivity index (χ0n) is 8.46. The maximum atomic E-state index is 11.7. The van der Waals surface area contributed by atoms with Crippen molar-refractivity contribution in [3.8, 4) is 0 Å². The number of thioether (sulfide) groups is 1. The fourth-order valence-electron chi connectivity index (χ4n) is 1.49. The van der Waals surface area contributed by atoms with Crippen LogP contribution in [-0.2, 0) is 10.8 Å². The molecule has 80 valence electrons. The van der Waals surface area contributed by atoms with Crippen LogP contribution in [0.25, 0.3) is 6.08 Å². The van der Waals surface area contributed by atoms with Crippen LogP contribution in [0.2, 0.25) is 0 Å². The summed E-state index contributed by atoms with van der Waals surface area (Å²) in [6, 6.07) is 10.2. The van der Waals surface area contributed by atoms with Crippen LogP contribution in [0.1, 0.15) is 12.0 Å². The smallest absolute Gasteiger partial charge is 0.0984 e. The molecule has 1 nitrogen and oxygen atoms in total. The van der Waals surface area contributed by atoms with E-state index >= 15 is 0 Å². The first-order chi connectivity index (χ1) is 7.36. The Morgan fingerprint density at radius 1 is 1.33 bits per heavy atom. The second-order valence-corrected chi connectivity index (χ2v) is 6.67. The van der Waals surface area contributed by atoms with Crippen LogP contribution in [0.5, 0.6) is 0 Å². The molecule has 1 aliphatic rings. The maximum absolute atomic E-state index is 11.7. The Hall–Kier alpha value is -0.540. The molecule has 0 aromatic heterocycles. The summed E-state index contributed by atoms with van der Waals surface area (Å²) in [6.45, 7) is 0. The third-order valence-corrected chi connectivity index (χ3v) is 5.71. The second-order valence-electron chi connectivity index (χ2n) is 3.45. The van der Waals surface area contributed by atoms with Crippen molar-refractivity contribution in [2.45, 2.75) is 11.0 Å². The molecule has 15 heavy (non-hydrogen) atoms. The van der Waals surface area contributed by atoms with Gasteiger partial charge in [-0.05, 0) is 17.7 Å². The van der Waals surface area contributed by atoms with Gasteiger partial charge in [0.15, 0.2) is 0 Å². The minimum absolute atomic E-state index is 0.193. The first-order valence-electron chi connectivity index (χ1n) is 5.08. The fourth-order valence-corrected chi connectivity index (χ4v) is 4.50. The molecule has 1 aromatic carbocycles. The summed E-state index contributed by atoms with van der Waals surface area (Å²) in [4.78, 5) is 0. The minimum Gasteiger partial charge on any atom is -0.258 e. The van der Waals surface area contributed by atoms with Gasteiger partial charge in [0.2, 0.25) is 0 Å². The van der Waals surface area contributed by atoms with Crippen LogP contribution in [-0.4, -0.2) is 20.3 Å². The van der Waals surface area contributed by atoms with E-state index in [-0.39, 0.29) is 4.58 Å². The summed E-state index contributed by atoms with van der Waals surface area (Å²) in [5.74, 6) is 1.99. The fraction of sp³-hybridized carbons (Fsp3) is 0.333. The van der Waals surface area contributed by atoms with E-state index in [1.54, 1.807) is 11.8 Å². The molecule has 1 saturated heterocycles. The Labute approximate surface area is 97.4 Å². The highest BCUT2D eigenvalue weighted by atomic mass is 32.2. The molecular formula is C12H14OS2. The Morgan fingerprint density at radius 2 is 2.13 bits per heavy atom. The number of hydrogen-bond donors (Lipinski definition) is 0. The normalized spacial score (nSPS) is 26.9. The summed E-state index contributed by atoms with van der Waals surface area (Å²) in [6.07, 6.45) is 5.24. The maximum Gasteiger partial charge on any atom is 0.0984 e. The van der Waals surface area contributed by atoms with Crippen LogP contribution < -0.4 is 0 Å². The zero-order chi connectivity index (χ0) is 10.5. The standard InChI is InChI=1S/C12H14OS2/c13-15-10-4-9-14-12(15)8-7-11-5-2-1-3-6-11/h1-3,5-8,12H,4,9-10H2/b8-7+/t12-,15-/m0/s1. The molecular weight excluding hydrogens is 224 g/mol. The van der Waals surface area contributed by atoms with E-state index in [0.29, 0.717) is 0 Å². The lowest BCUT2D eigenvalue weighted by Gasteiger charge is -2.17. The molecule has 1 aliphatic heterocycles. The molecule has 0 bridgehead atoms. The Bertz CT molecular complexity index is 359. The molecule has 3 heteroatoms. The van der Waals surface area contributed by atoms with Crippen molar-refractivity contribution in [2.24, 2.45) is 0 Å². The third-order valence-electron chi connectivity index (χ3n) is 2.28. The Balaban J connectivity index is 2.01. The summed E-state index contributed by atoms with van der Waals surface area (Å²) in [7, 11) is -0.675. The summed E-state index contributed by atoms with van der Waals surface area (Å²) >= 11 is 1.80. The second kappa shape index (κ2) is 5.52. The van der Waals surface area contributed by atoms with Crippen LogP contribution >= 0.6 is 11.8 Å². The van der Waals surface area contributed by atoms with Gasteiger partial charge in [-0.15, -0.1) is 11.8 Å². The lowest BCUT2D eigenvalue weighted by atomic mass is 10.2. The minimum atomic E-state index is -0.675. The molecule has 2 rings (SSSR count). The molecule has 0 radical (unpaired) electrons. The number of hydrogen-bond acceptors (Lipinski definition) is 2. The van der Waals surface area contributed by atoms with Crippen molar-refractivity contribution in [3.63, 3.8) is 0 Å². The van der Waals surface area contributed by atoms with Crippen LogP contribution in [0.4, 0.5) is 0 Å². The molecule has 1 aromatic rings. The van der Waals surface area contributed by atoms with E-state index in [4.69, 9.17) is 0 Å². The molecule has 1 fully saturated rings. The van der Waals surface area contributed by atoms with Gasteiger partial charge in [0, 0.05) is 16.6 Å². The van der Waals surface area contributed by atoms with Crippen LogP contribution in [0.3, 0.4) is 0 Å². The lowest BCUT2D eigenvalue weighted by Crippen LogP contribution is -2.17. The zero-order valence-corrected chi connectivity index (χ0v) is 10.1. The van der Waals surface area contributed by atoms with E-state index in [0.717, 1.165) is 17.9 Å². The SMILES string of the molecule is O=[S@]1CCCS[C@@H]1/C=C/c1ccccc1. The number of benzene rings is 1. The first-order valence-corrected chi connectivity index (χ1v) is 7.51. The van der Waals surface area contributed by atoms with Crippen molar-refractivity contribution >= 4 is 28.6 Å². The summed E-state index contributed by atoms with van der Waals surface area (Å²) in [5.41, 5.74) is 1.18. The van der Waals surface area contributed by atoms with Gasteiger partial charge in [0.25, 0.3) is 0 Å². The topological polar surface area (TPSA) is 17.1 Å². The predicted molar refractivity (Wildman–Crippen MR) is 69.3 cm³/mol. The molecule has 0 amide bonds. The molecule has 0 unspecified atom stereocenters. The highest BCUT2D eigenvalue weighted by Gasteiger charge is 2.18. The number of rotatable bonds is 2. The van der Waals surface area contributed by atoms with Gasteiger partial charge in [0.05, 0.1) is 4.58 Å². The van der Waals surface area contributed by atoms with Gasteiger partial charge >= 0.3 is 0 Å². The van der Waals surface area contributed by atoms with Gasteiger partial charge in [-0.2, -0.15) is 0 Å². The van der Waals surface area contributed by atoms with Crippen LogP contribution in [0, 0.1) is 0 Å². The van der Waals surface area contributed by atoms with Crippen LogP contribution in [0.15, 0.2) is 36.4 Å². The largest absolute Gasteiger partial charge is 0.258 e. The van der Waals surface area contributed by atoms with Gasteiger partial charge in [-0.25, -0.2) is 0 Å². The van der Waals surface area contributed by atoms with Gasteiger partial charge in [0.1, 0.15) is 0 Å². The third kappa shape index (κ3) is 3.21. The Kier molecular flexibility index (Phi) is 4.03. The van der Waals surface area contributed by atoms with Gasteiger partial charge in [-0.3, -0.25) is 4.21 Å². The quantitative estimate of drug-likeness (QED) is 0.788. The molecule has 0 aliphatic carbocycles. The first kappa shape index (κ1) is 11.0. The summed E-state index contributed by atoms with van der Waals surface area (Å²) < 4.78 is 11.8. The Morgan fingerprint density at radius 3 is 2.87 bits per heavy atom. The monoisotopic (exact) mass is 238 g/mol. The van der Waals surface area contributed by atoms with E-state index in [1.807, 2.05) is 18.2 Å². The van der Waals surface area contributed by atoms with Crippen molar-refractivity contribution in [3.05, 3.63) is 42.0 Å². The molecule has 2 atom stereocenters. The van der Waals surface area contributed by atoms with Crippen molar-refractivity contribution in [1.29, 1.82) is 0 Å². The highest BCUT2D eigenvalue weighted by Crippen LogP contribution is 2.24. The highest BCUT2D eigenvalue weighted by molar-refractivity contribution is 8.12. The van der Waals surface area contributed by atoms with Crippen molar-refractivity contribution in [1.82, 2.24) is 0 Å². The van der Waals surface area contributed by atoms with E-state index < -0.39 is 10.8 Å². The molecule has 1 heterocycles. The van der Waals surface area contributed by atoms with E-state index in [9.17, 15) is 4.21 Å². The predicted octanol–water partition coefficient (Wildman–Crippen LogP) is 2.91. The molecule has 0 spiro atoms. The molecule has 0 saturated carbocycles. The van der Waals surface area contributed by atoms with E-state index in [1.165, 1.54) is 5.56 Å². The van der Waals surface area contributed by atoms with Gasteiger partial charge < -0.3 is 0 Å². The van der Waals surface area contributed by atoms with Crippen molar-refractivity contribution < 1.29 is 4.21 Å². The van der Waals surface area contributed by atoms with E-state index in [2.05, 4.69) is 24.3 Å². The molecule has 0 N–H and O–H groups in total. The van der Waals surface area contributed by atoms with Crippen molar-refractivity contribution in [2.75, 3.05) is 11.5 Å².